The molecule has 1 aromatic rings. The van der Waals surface area contributed by atoms with Gasteiger partial charge in [0.15, 0.2) is 0 Å². The van der Waals surface area contributed by atoms with Crippen molar-refractivity contribution in [1.82, 2.24) is 0 Å². The summed E-state index contributed by atoms with van der Waals surface area (Å²) < 4.78 is 19.4. The summed E-state index contributed by atoms with van der Waals surface area (Å²) in [6, 6.07) is 4.54. The van der Waals surface area contributed by atoms with Crippen LogP contribution >= 0.6 is 15.9 Å². The number of benzene rings is 1. The molecule has 0 N–H and O–H groups in total. The van der Waals surface area contributed by atoms with Gasteiger partial charge in [-0.05, 0) is 53.7 Å². The first kappa shape index (κ1) is 9.97. The van der Waals surface area contributed by atoms with E-state index in [-0.39, 0.29) is 11.9 Å². The van der Waals surface area contributed by atoms with Crippen molar-refractivity contribution >= 4 is 15.9 Å². The second kappa shape index (κ2) is 4.30. The summed E-state index contributed by atoms with van der Waals surface area (Å²) in [6.45, 7) is 0. The summed E-state index contributed by atoms with van der Waals surface area (Å²) in [6.07, 6.45) is 4.88. The molecule has 1 fully saturated rings. The van der Waals surface area contributed by atoms with E-state index in [0.29, 0.717) is 5.75 Å². The van der Waals surface area contributed by atoms with Crippen LogP contribution in [0.25, 0.3) is 0 Å². The van der Waals surface area contributed by atoms with Crippen LogP contribution in [0.2, 0.25) is 0 Å². The van der Waals surface area contributed by atoms with Crippen LogP contribution in [0.1, 0.15) is 25.7 Å². The van der Waals surface area contributed by atoms with Gasteiger partial charge in [-0.25, -0.2) is 4.39 Å². The molecule has 0 amide bonds. The van der Waals surface area contributed by atoms with E-state index in [1.807, 2.05) is 0 Å². The average Bonchev–Trinajstić information content (AvgIpc) is 2.64. The van der Waals surface area contributed by atoms with Gasteiger partial charge in [-0.1, -0.05) is 0 Å². The molecule has 1 aliphatic rings. The molecular formula is C11H12BrFO. The van der Waals surface area contributed by atoms with Gasteiger partial charge in [-0.2, -0.15) is 0 Å². The predicted molar refractivity (Wildman–Crippen MR) is 57.0 cm³/mol. The molecule has 0 aliphatic heterocycles. The lowest BCUT2D eigenvalue weighted by Gasteiger charge is -2.14. The SMILES string of the molecule is Fc1ccc(Br)c(OC2CCCC2)c1. The summed E-state index contributed by atoms with van der Waals surface area (Å²) >= 11 is 3.35. The number of hydrogen-bond acceptors (Lipinski definition) is 1. The Kier molecular flexibility index (Phi) is 3.06. The van der Waals surface area contributed by atoms with Crippen LogP contribution in [0, 0.1) is 5.82 Å². The molecule has 1 nitrogen and oxygen atoms in total. The molecule has 1 saturated carbocycles. The maximum absolute atomic E-state index is 12.9. The molecule has 2 rings (SSSR count). The van der Waals surface area contributed by atoms with Crippen molar-refractivity contribution in [3.63, 3.8) is 0 Å². The third-order valence-electron chi connectivity index (χ3n) is 2.49. The van der Waals surface area contributed by atoms with Crippen LogP contribution in [-0.4, -0.2) is 6.10 Å². The van der Waals surface area contributed by atoms with Gasteiger partial charge in [0.1, 0.15) is 11.6 Å². The van der Waals surface area contributed by atoms with E-state index >= 15 is 0 Å². The third-order valence-corrected chi connectivity index (χ3v) is 3.14. The van der Waals surface area contributed by atoms with E-state index in [0.717, 1.165) is 17.3 Å². The molecule has 0 atom stereocenters. The zero-order valence-corrected chi connectivity index (χ0v) is 9.39. The molecule has 0 radical (unpaired) electrons. The molecule has 0 bridgehead atoms. The second-order valence-corrected chi connectivity index (χ2v) is 4.45. The molecule has 14 heavy (non-hydrogen) atoms. The number of ether oxygens (including phenoxy) is 1. The Morgan fingerprint density at radius 3 is 2.71 bits per heavy atom. The van der Waals surface area contributed by atoms with Crippen molar-refractivity contribution in [3.8, 4) is 5.75 Å². The van der Waals surface area contributed by atoms with Crippen molar-refractivity contribution in [1.29, 1.82) is 0 Å². The number of halogens is 2. The zero-order chi connectivity index (χ0) is 9.97. The highest BCUT2D eigenvalue weighted by molar-refractivity contribution is 9.10. The molecule has 76 valence electrons. The standard InChI is InChI=1S/C11H12BrFO/c12-10-6-5-8(13)7-11(10)14-9-3-1-2-4-9/h5-7,9H,1-4H2. The van der Waals surface area contributed by atoms with Crippen molar-refractivity contribution in [2.45, 2.75) is 31.8 Å². The maximum atomic E-state index is 12.9. The first-order chi connectivity index (χ1) is 6.75. The lowest BCUT2D eigenvalue weighted by Crippen LogP contribution is -2.11. The molecule has 0 aromatic heterocycles. The van der Waals surface area contributed by atoms with Gasteiger partial charge >= 0.3 is 0 Å². The molecule has 1 aromatic carbocycles. The lowest BCUT2D eigenvalue weighted by atomic mass is 10.3. The van der Waals surface area contributed by atoms with Gasteiger partial charge in [0.2, 0.25) is 0 Å². The van der Waals surface area contributed by atoms with Crippen LogP contribution in [0.4, 0.5) is 4.39 Å². The minimum atomic E-state index is -0.249. The Hall–Kier alpha value is -0.570. The lowest BCUT2D eigenvalue weighted by molar-refractivity contribution is 0.208. The van der Waals surface area contributed by atoms with E-state index in [9.17, 15) is 4.39 Å². The molecule has 1 aliphatic carbocycles. The van der Waals surface area contributed by atoms with Crippen LogP contribution in [0.3, 0.4) is 0 Å². The van der Waals surface area contributed by atoms with Gasteiger partial charge in [-0.15, -0.1) is 0 Å². The summed E-state index contributed by atoms with van der Waals surface area (Å²) in [5.74, 6) is 0.373. The smallest absolute Gasteiger partial charge is 0.136 e. The Morgan fingerprint density at radius 1 is 1.29 bits per heavy atom. The van der Waals surface area contributed by atoms with E-state index in [4.69, 9.17) is 4.74 Å². The Balaban J connectivity index is 2.10. The molecule has 3 heteroatoms. The Morgan fingerprint density at radius 2 is 2.00 bits per heavy atom. The summed E-state index contributed by atoms with van der Waals surface area (Å²) in [7, 11) is 0. The normalized spacial score (nSPS) is 17.3. The van der Waals surface area contributed by atoms with Crippen molar-refractivity contribution < 1.29 is 9.13 Å². The van der Waals surface area contributed by atoms with Crippen molar-refractivity contribution in [2.24, 2.45) is 0 Å². The average molecular weight is 259 g/mol. The fraction of sp³-hybridized carbons (Fsp3) is 0.455. The highest BCUT2D eigenvalue weighted by Crippen LogP contribution is 2.30. The minimum absolute atomic E-state index is 0.249. The topological polar surface area (TPSA) is 9.23 Å². The molecule has 0 unspecified atom stereocenters. The van der Waals surface area contributed by atoms with Gasteiger partial charge in [-0.3, -0.25) is 0 Å². The van der Waals surface area contributed by atoms with Crippen LogP contribution in [-0.2, 0) is 0 Å². The van der Waals surface area contributed by atoms with Gasteiger partial charge < -0.3 is 4.74 Å². The largest absolute Gasteiger partial charge is 0.489 e. The number of hydrogen-bond donors (Lipinski definition) is 0. The maximum Gasteiger partial charge on any atom is 0.136 e. The fourth-order valence-corrected chi connectivity index (χ4v) is 2.09. The molecular weight excluding hydrogens is 247 g/mol. The summed E-state index contributed by atoms with van der Waals surface area (Å²) in [5, 5.41) is 0. The number of rotatable bonds is 2. The van der Waals surface area contributed by atoms with Crippen LogP contribution in [0.15, 0.2) is 22.7 Å². The first-order valence-electron chi connectivity index (χ1n) is 4.87. The van der Waals surface area contributed by atoms with E-state index in [1.165, 1.54) is 25.0 Å². The highest BCUT2D eigenvalue weighted by Gasteiger charge is 2.17. The van der Waals surface area contributed by atoms with E-state index < -0.39 is 0 Å². The van der Waals surface area contributed by atoms with Gasteiger partial charge in [0.05, 0.1) is 10.6 Å². The monoisotopic (exact) mass is 258 g/mol. The van der Waals surface area contributed by atoms with Crippen molar-refractivity contribution in [3.05, 3.63) is 28.5 Å². The quantitative estimate of drug-likeness (QED) is 0.782. The third kappa shape index (κ3) is 2.27. The predicted octanol–water partition coefficient (Wildman–Crippen LogP) is 3.91. The minimum Gasteiger partial charge on any atom is -0.489 e. The highest BCUT2D eigenvalue weighted by atomic mass is 79.9. The zero-order valence-electron chi connectivity index (χ0n) is 7.80. The molecule has 0 heterocycles. The van der Waals surface area contributed by atoms with Gasteiger partial charge in [0, 0.05) is 6.07 Å². The van der Waals surface area contributed by atoms with E-state index in [2.05, 4.69) is 15.9 Å². The van der Waals surface area contributed by atoms with Gasteiger partial charge in [0.25, 0.3) is 0 Å². The fourth-order valence-electron chi connectivity index (χ4n) is 1.75. The molecule has 0 spiro atoms. The summed E-state index contributed by atoms with van der Waals surface area (Å²) in [4.78, 5) is 0. The van der Waals surface area contributed by atoms with E-state index in [1.54, 1.807) is 6.07 Å². The Bertz CT molecular complexity index is 321. The molecule has 0 saturated heterocycles. The first-order valence-corrected chi connectivity index (χ1v) is 5.67. The van der Waals surface area contributed by atoms with Crippen LogP contribution < -0.4 is 4.74 Å². The van der Waals surface area contributed by atoms with Crippen molar-refractivity contribution in [2.75, 3.05) is 0 Å². The second-order valence-electron chi connectivity index (χ2n) is 3.60. The summed E-state index contributed by atoms with van der Waals surface area (Å²) in [5.41, 5.74) is 0. The van der Waals surface area contributed by atoms with Crippen LogP contribution in [0.5, 0.6) is 5.75 Å². The Labute approximate surface area is 91.4 Å².